The molecule has 0 spiro atoms. The molecule has 4 heterocycles. The summed E-state index contributed by atoms with van der Waals surface area (Å²) in [5, 5.41) is 41.4. The fourth-order valence-corrected chi connectivity index (χ4v) is 4.96. The van der Waals surface area contributed by atoms with E-state index in [9.17, 15) is 29.8 Å². The molecule has 0 saturated heterocycles. The van der Waals surface area contributed by atoms with Gasteiger partial charge in [-0.2, -0.15) is 10.2 Å². The number of hydrogen-bond acceptors (Lipinski definition) is 11. The Labute approximate surface area is 279 Å². The summed E-state index contributed by atoms with van der Waals surface area (Å²) < 4.78 is 7.37. The van der Waals surface area contributed by atoms with Crippen LogP contribution in [0.1, 0.15) is 39.0 Å². The molecule has 0 amide bonds. The number of hydrogen-bond donors (Lipinski definition) is 1. The molecular formula is C30H22Cl2N8O8. The van der Waals surface area contributed by atoms with Gasteiger partial charge in [0.15, 0.2) is 0 Å². The third-order valence-corrected chi connectivity index (χ3v) is 7.08. The van der Waals surface area contributed by atoms with Crippen molar-refractivity contribution in [2.24, 2.45) is 0 Å². The Bertz CT molecular complexity index is 2190. The minimum absolute atomic E-state index is 0.112. The van der Waals surface area contributed by atoms with Gasteiger partial charge in [0.25, 0.3) is 0 Å². The van der Waals surface area contributed by atoms with Crippen LogP contribution < -0.4 is 0 Å². The van der Waals surface area contributed by atoms with Crippen LogP contribution in [0.5, 0.6) is 0 Å². The topological polar surface area (TPSA) is 211 Å². The fourth-order valence-electron chi connectivity index (χ4n) is 4.63. The molecule has 2 aromatic carbocycles. The Kier molecular flexibility index (Phi) is 9.86. The van der Waals surface area contributed by atoms with Crippen molar-refractivity contribution in [3.63, 3.8) is 0 Å². The quantitative estimate of drug-likeness (QED) is 0.106. The number of carbonyl (C=O) groups excluding carboxylic acids is 1. The summed E-state index contributed by atoms with van der Waals surface area (Å²) in [7, 11) is 0. The molecule has 0 aliphatic carbocycles. The SMILES string of the molecule is CCOC(=O)c1nn(Cc2ccc3ncc(Cl)cc3c2)cc1[N+](=O)[O-].O=C(O)c1nn(Cc2ccc3ncc(Cl)cc3c2)cc1[N+](=O)[O-]. The summed E-state index contributed by atoms with van der Waals surface area (Å²) in [5.74, 6) is -2.26. The molecule has 0 aliphatic heterocycles. The van der Waals surface area contributed by atoms with Crippen LogP contribution in [0.3, 0.4) is 0 Å². The molecule has 48 heavy (non-hydrogen) atoms. The van der Waals surface area contributed by atoms with Crippen molar-refractivity contribution < 1.29 is 29.3 Å². The molecule has 0 saturated carbocycles. The lowest BCUT2D eigenvalue weighted by atomic mass is 10.1. The number of carboxylic acid groups (broad SMARTS) is 1. The third-order valence-electron chi connectivity index (χ3n) is 6.66. The molecular weight excluding hydrogens is 671 g/mol. The highest BCUT2D eigenvalue weighted by Gasteiger charge is 2.27. The van der Waals surface area contributed by atoms with Crippen LogP contribution in [0.2, 0.25) is 10.0 Å². The van der Waals surface area contributed by atoms with E-state index in [1.54, 1.807) is 43.6 Å². The zero-order chi connectivity index (χ0) is 34.5. The maximum Gasteiger partial charge on any atom is 0.366 e. The van der Waals surface area contributed by atoms with E-state index in [0.717, 1.165) is 39.1 Å². The van der Waals surface area contributed by atoms with Crippen molar-refractivity contribution in [1.29, 1.82) is 0 Å². The lowest BCUT2D eigenvalue weighted by Crippen LogP contribution is -2.09. The smallest absolute Gasteiger partial charge is 0.366 e. The molecule has 16 nitrogen and oxygen atoms in total. The lowest BCUT2D eigenvalue weighted by Gasteiger charge is -2.04. The summed E-state index contributed by atoms with van der Waals surface area (Å²) in [5.41, 5.74) is 1.35. The first-order valence-electron chi connectivity index (χ1n) is 13.8. The van der Waals surface area contributed by atoms with Crippen LogP contribution in [0, 0.1) is 20.2 Å². The Balaban J connectivity index is 0.000000188. The zero-order valence-electron chi connectivity index (χ0n) is 24.7. The van der Waals surface area contributed by atoms with Gasteiger partial charge in [-0.05, 0) is 54.4 Å². The number of carboxylic acids is 1. The molecule has 1 N–H and O–H groups in total. The standard InChI is InChI=1S/C16H13ClN4O4.C14H9ClN4O4/c1-2-25-16(22)15-14(21(23)24)9-20(19-15)8-10-3-4-13-11(5-10)6-12(17)7-18-13;15-10-4-9-3-8(1-2-11(9)16-5-10)6-18-7-12(19(22)23)13(17-18)14(20)21/h3-7,9H,2,8H2,1H3;1-5,7H,6H2,(H,20,21). The van der Waals surface area contributed by atoms with Gasteiger partial charge in [0.1, 0.15) is 12.4 Å². The predicted octanol–water partition coefficient (Wildman–Crippen LogP) is 5.96. The van der Waals surface area contributed by atoms with Gasteiger partial charge in [0.2, 0.25) is 11.4 Å². The molecule has 4 aromatic heterocycles. The minimum Gasteiger partial charge on any atom is -0.476 e. The highest BCUT2D eigenvalue weighted by molar-refractivity contribution is 6.31. The number of rotatable bonds is 9. The molecule has 0 unspecified atom stereocenters. The van der Waals surface area contributed by atoms with Crippen molar-refractivity contribution in [2.75, 3.05) is 6.61 Å². The summed E-state index contributed by atoms with van der Waals surface area (Å²) in [6, 6.07) is 14.5. The molecule has 6 rings (SSSR count). The van der Waals surface area contributed by atoms with Gasteiger partial charge in [-0.1, -0.05) is 35.3 Å². The van der Waals surface area contributed by atoms with E-state index < -0.39 is 33.2 Å². The first-order valence-corrected chi connectivity index (χ1v) is 14.6. The van der Waals surface area contributed by atoms with Gasteiger partial charge < -0.3 is 9.84 Å². The number of nitro groups is 2. The lowest BCUT2D eigenvalue weighted by molar-refractivity contribution is -0.385. The van der Waals surface area contributed by atoms with Crippen molar-refractivity contribution in [3.05, 3.63) is 126 Å². The average molecular weight is 693 g/mol. The number of esters is 1. The molecule has 6 aromatic rings. The van der Waals surface area contributed by atoms with E-state index in [1.807, 2.05) is 24.3 Å². The van der Waals surface area contributed by atoms with Crippen molar-refractivity contribution in [3.8, 4) is 0 Å². The summed E-state index contributed by atoms with van der Waals surface area (Å²) >= 11 is 11.9. The van der Waals surface area contributed by atoms with E-state index >= 15 is 0 Å². The maximum atomic E-state index is 11.8. The second kappa shape index (κ2) is 14.2. The number of ether oxygens (including phenoxy) is 1. The van der Waals surface area contributed by atoms with Crippen molar-refractivity contribution in [2.45, 2.75) is 20.0 Å². The van der Waals surface area contributed by atoms with Gasteiger partial charge >= 0.3 is 23.3 Å². The Morgan fingerprint density at radius 1 is 0.792 bits per heavy atom. The van der Waals surface area contributed by atoms with Crippen molar-refractivity contribution >= 4 is 68.3 Å². The highest BCUT2D eigenvalue weighted by atomic mass is 35.5. The molecule has 244 valence electrons. The maximum absolute atomic E-state index is 11.8. The predicted molar refractivity (Wildman–Crippen MR) is 172 cm³/mol. The molecule has 0 atom stereocenters. The first kappa shape index (κ1) is 33.4. The highest BCUT2D eigenvalue weighted by Crippen LogP contribution is 2.23. The number of pyridine rings is 2. The van der Waals surface area contributed by atoms with Gasteiger partial charge in [0, 0.05) is 23.2 Å². The number of halogens is 2. The Morgan fingerprint density at radius 2 is 1.25 bits per heavy atom. The van der Waals surface area contributed by atoms with E-state index in [4.69, 9.17) is 33.0 Å². The molecule has 0 aliphatic rings. The fraction of sp³-hybridized carbons (Fsp3) is 0.133. The van der Waals surface area contributed by atoms with Gasteiger partial charge in [-0.15, -0.1) is 0 Å². The van der Waals surface area contributed by atoms with Crippen LogP contribution in [0.25, 0.3) is 21.8 Å². The molecule has 0 fully saturated rings. The second-order valence-electron chi connectivity index (χ2n) is 10.0. The van der Waals surface area contributed by atoms with E-state index in [2.05, 4.69) is 20.2 Å². The normalized spacial score (nSPS) is 10.8. The number of benzene rings is 2. The number of nitrogens with zero attached hydrogens (tertiary/aromatic N) is 8. The van der Waals surface area contributed by atoms with Crippen LogP contribution >= 0.6 is 23.2 Å². The summed E-state index contributed by atoms with van der Waals surface area (Å²) in [6.07, 6.45) is 5.42. The number of aromatic carboxylic acids is 1. The van der Waals surface area contributed by atoms with E-state index in [1.165, 1.54) is 15.6 Å². The third kappa shape index (κ3) is 7.68. The summed E-state index contributed by atoms with van der Waals surface area (Å²) in [6.45, 7) is 2.18. The van der Waals surface area contributed by atoms with Gasteiger partial charge in [-0.3, -0.25) is 39.6 Å². The number of aromatic nitrogens is 6. The van der Waals surface area contributed by atoms with Crippen LogP contribution in [-0.2, 0) is 17.8 Å². The first-order chi connectivity index (χ1) is 22.9. The largest absolute Gasteiger partial charge is 0.476 e. The van der Waals surface area contributed by atoms with Gasteiger partial charge in [0.05, 0.1) is 50.6 Å². The zero-order valence-corrected chi connectivity index (χ0v) is 26.2. The summed E-state index contributed by atoms with van der Waals surface area (Å²) in [4.78, 5) is 51.8. The number of fused-ring (bicyclic) bond motifs is 2. The average Bonchev–Trinajstić information content (AvgIpc) is 3.66. The van der Waals surface area contributed by atoms with Crippen LogP contribution in [-0.4, -0.2) is 63.0 Å². The van der Waals surface area contributed by atoms with Gasteiger partial charge in [-0.25, -0.2) is 9.59 Å². The van der Waals surface area contributed by atoms with E-state index in [0.29, 0.717) is 10.0 Å². The van der Waals surface area contributed by atoms with Crippen LogP contribution in [0.15, 0.2) is 73.3 Å². The Hall–Kier alpha value is -6.00. The second-order valence-corrected chi connectivity index (χ2v) is 10.9. The molecule has 0 radical (unpaired) electrons. The van der Waals surface area contributed by atoms with E-state index in [-0.39, 0.29) is 31.1 Å². The Morgan fingerprint density at radius 3 is 1.67 bits per heavy atom. The minimum atomic E-state index is -1.44. The number of carbonyl (C=O) groups is 2. The molecule has 0 bridgehead atoms. The monoisotopic (exact) mass is 692 g/mol. The van der Waals surface area contributed by atoms with Crippen LogP contribution in [0.4, 0.5) is 11.4 Å². The molecule has 18 heteroatoms. The van der Waals surface area contributed by atoms with Crippen molar-refractivity contribution in [1.82, 2.24) is 29.5 Å².